The Labute approximate surface area is 149 Å². The summed E-state index contributed by atoms with van der Waals surface area (Å²) >= 11 is 0. The number of hydrogen-bond acceptors (Lipinski definition) is 2. The van der Waals surface area contributed by atoms with E-state index >= 15 is 0 Å². The summed E-state index contributed by atoms with van der Waals surface area (Å²) in [6.07, 6.45) is 10.1. The predicted octanol–water partition coefficient (Wildman–Crippen LogP) is 4.10. The van der Waals surface area contributed by atoms with Crippen LogP contribution in [0.4, 0.5) is 0 Å². The monoisotopic (exact) mass is 334 g/mol. The van der Waals surface area contributed by atoms with Crippen molar-refractivity contribution in [3.8, 4) is 0 Å². The minimum atomic E-state index is 0.179. The number of rotatable bonds is 5. The molecule has 0 spiro atoms. The number of benzene rings is 1. The highest BCUT2D eigenvalue weighted by molar-refractivity contribution is 5.77. The number of nitrogens with one attached hydrogen (secondary N) is 1. The molecule has 2 saturated carbocycles. The normalized spacial score (nSPS) is 27.8. The van der Waals surface area contributed by atoms with Crippen molar-refractivity contribution in [1.82, 2.24) is 10.3 Å². The Kier molecular flexibility index (Phi) is 4.82. The van der Waals surface area contributed by atoms with E-state index in [1.165, 1.54) is 31.2 Å². The first-order valence-corrected chi connectivity index (χ1v) is 9.56. The molecule has 3 heteroatoms. The molecule has 25 heavy (non-hydrogen) atoms. The lowest BCUT2D eigenvalue weighted by atomic mass is 9.53. The number of pyridine rings is 1. The molecule has 4 rings (SSSR count). The first-order chi connectivity index (χ1) is 12.3. The first kappa shape index (κ1) is 16.3. The molecule has 1 heterocycles. The Morgan fingerprint density at radius 3 is 2.60 bits per heavy atom. The van der Waals surface area contributed by atoms with Gasteiger partial charge in [0.25, 0.3) is 0 Å². The van der Waals surface area contributed by atoms with Gasteiger partial charge in [-0.25, -0.2) is 0 Å². The fourth-order valence-corrected chi connectivity index (χ4v) is 4.86. The molecule has 1 N–H and O–H groups in total. The molecule has 0 radical (unpaired) electrons. The van der Waals surface area contributed by atoms with Crippen molar-refractivity contribution in [2.24, 2.45) is 11.8 Å². The van der Waals surface area contributed by atoms with Crippen LogP contribution in [0.5, 0.6) is 0 Å². The van der Waals surface area contributed by atoms with Crippen molar-refractivity contribution in [2.75, 3.05) is 0 Å². The van der Waals surface area contributed by atoms with Crippen LogP contribution in [-0.4, -0.2) is 16.9 Å². The molecule has 3 nitrogen and oxygen atoms in total. The Balaban J connectivity index is 1.41. The zero-order valence-electron chi connectivity index (χ0n) is 14.6. The first-order valence-electron chi connectivity index (χ1n) is 9.56. The Bertz CT molecular complexity index is 700. The van der Waals surface area contributed by atoms with Crippen LogP contribution in [0.25, 0.3) is 0 Å². The van der Waals surface area contributed by atoms with Crippen LogP contribution in [0.15, 0.2) is 54.9 Å². The van der Waals surface area contributed by atoms with Gasteiger partial charge in [-0.2, -0.15) is 0 Å². The molecule has 2 fully saturated rings. The molecule has 4 atom stereocenters. The number of carbonyl (C=O) groups excluding carboxylic acids is 1. The maximum Gasteiger partial charge on any atom is 0.220 e. The number of carbonyl (C=O) groups is 1. The van der Waals surface area contributed by atoms with E-state index < -0.39 is 0 Å². The lowest BCUT2D eigenvalue weighted by Gasteiger charge is -2.55. The van der Waals surface area contributed by atoms with Gasteiger partial charge in [0.1, 0.15) is 0 Å². The van der Waals surface area contributed by atoms with Gasteiger partial charge in [-0.15, -0.1) is 0 Å². The molecule has 1 amide bonds. The van der Waals surface area contributed by atoms with Crippen LogP contribution in [0.1, 0.15) is 49.1 Å². The molecule has 0 unspecified atom stereocenters. The number of aromatic nitrogens is 1. The lowest BCUT2D eigenvalue weighted by molar-refractivity contribution is -0.124. The highest BCUT2D eigenvalue weighted by Gasteiger charge is 2.51. The number of fused-ring (bicyclic) bond motifs is 1. The number of aryl methyl sites for hydroxylation is 1. The number of amides is 1. The van der Waals surface area contributed by atoms with E-state index in [9.17, 15) is 4.79 Å². The van der Waals surface area contributed by atoms with Crippen LogP contribution < -0.4 is 5.32 Å². The zero-order chi connectivity index (χ0) is 17.1. The maximum absolute atomic E-state index is 12.5. The second kappa shape index (κ2) is 7.38. The van der Waals surface area contributed by atoms with E-state index in [2.05, 4.69) is 40.6 Å². The quantitative estimate of drug-likeness (QED) is 0.894. The summed E-state index contributed by atoms with van der Waals surface area (Å²) in [4.78, 5) is 16.7. The van der Waals surface area contributed by atoms with E-state index in [0.717, 1.165) is 17.9 Å². The fourth-order valence-electron chi connectivity index (χ4n) is 4.86. The van der Waals surface area contributed by atoms with Crippen molar-refractivity contribution in [3.05, 3.63) is 66.0 Å². The Morgan fingerprint density at radius 1 is 1.04 bits per heavy atom. The molecule has 2 aliphatic carbocycles. The number of nitrogens with zero attached hydrogens (tertiary/aromatic N) is 1. The molecule has 1 aromatic carbocycles. The second-order valence-electron chi connectivity index (χ2n) is 7.50. The molecule has 130 valence electrons. The second-order valence-corrected chi connectivity index (χ2v) is 7.50. The molecule has 0 bridgehead atoms. The summed E-state index contributed by atoms with van der Waals surface area (Å²) in [6, 6.07) is 15.0. The van der Waals surface area contributed by atoms with Crippen LogP contribution in [0, 0.1) is 11.8 Å². The van der Waals surface area contributed by atoms with E-state index in [1.54, 1.807) is 6.20 Å². The van der Waals surface area contributed by atoms with Gasteiger partial charge in [-0.3, -0.25) is 9.78 Å². The standard InChI is InChI=1S/C22H26N2O/c25-20(13-12-16-7-6-14-23-15-16)24-22-19-11-5-4-10-18(19)21(22)17-8-2-1-3-9-17/h1-3,6-9,14-15,18-19,21-22H,4-5,10-13H2,(H,24,25)/t18-,19-,21-,22-/m0/s1. The summed E-state index contributed by atoms with van der Waals surface area (Å²) in [6.45, 7) is 0. The summed E-state index contributed by atoms with van der Waals surface area (Å²) < 4.78 is 0. The third-order valence-electron chi connectivity index (χ3n) is 6.06. The highest BCUT2D eigenvalue weighted by atomic mass is 16.1. The van der Waals surface area contributed by atoms with E-state index in [1.807, 2.05) is 18.3 Å². The van der Waals surface area contributed by atoms with Gasteiger partial charge in [0.15, 0.2) is 0 Å². The van der Waals surface area contributed by atoms with Gasteiger partial charge in [-0.1, -0.05) is 49.2 Å². The minimum Gasteiger partial charge on any atom is -0.352 e. The van der Waals surface area contributed by atoms with Crippen LogP contribution in [0.3, 0.4) is 0 Å². The van der Waals surface area contributed by atoms with Crippen LogP contribution in [0.2, 0.25) is 0 Å². The van der Waals surface area contributed by atoms with Crippen molar-refractivity contribution in [1.29, 1.82) is 0 Å². The summed E-state index contributed by atoms with van der Waals surface area (Å²) in [5.41, 5.74) is 2.52. The molecule has 2 aromatic rings. The van der Waals surface area contributed by atoms with Gasteiger partial charge in [0, 0.05) is 30.8 Å². The van der Waals surface area contributed by atoms with Gasteiger partial charge in [-0.05, 0) is 48.3 Å². The van der Waals surface area contributed by atoms with Gasteiger partial charge >= 0.3 is 0 Å². The largest absolute Gasteiger partial charge is 0.352 e. The maximum atomic E-state index is 12.5. The third kappa shape index (κ3) is 3.46. The lowest BCUT2D eigenvalue weighted by Crippen LogP contribution is -2.59. The van der Waals surface area contributed by atoms with Crippen molar-refractivity contribution >= 4 is 5.91 Å². The topological polar surface area (TPSA) is 42.0 Å². The minimum absolute atomic E-state index is 0.179. The fraction of sp³-hybridized carbons (Fsp3) is 0.455. The SMILES string of the molecule is O=C(CCc1cccnc1)N[C@H]1[C@H]2CCCC[C@@H]2[C@@H]1c1ccccc1. The Hall–Kier alpha value is -2.16. The van der Waals surface area contributed by atoms with Gasteiger partial charge in [0.05, 0.1) is 0 Å². The smallest absolute Gasteiger partial charge is 0.220 e. The summed E-state index contributed by atoms with van der Waals surface area (Å²) in [7, 11) is 0. The van der Waals surface area contributed by atoms with Gasteiger partial charge < -0.3 is 5.32 Å². The molecule has 0 aliphatic heterocycles. The predicted molar refractivity (Wildman–Crippen MR) is 99.1 cm³/mol. The van der Waals surface area contributed by atoms with E-state index in [-0.39, 0.29) is 5.91 Å². The van der Waals surface area contributed by atoms with Crippen molar-refractivity contribution in [2.45, 2.75) is 50.5 Å². The van der Waals surface area contributed by atoms with Crippen molar-refractivity contribution in [3.63, 3.8) is 0 Å². The molecular formula is C22H26N2O. The molecule has 2 aliphatic rings. The summed E-state index contributed by atoms with van der Waals surface area (Å²) in [5, 5.41) is 3.38. The highest BCUT2D eigenvalue weighted by Crippen LogP contribution is 2.54. The molecule has 0 saturated heterocycles. The molecular weight excluding hydrogens is 308 g/mol. The number of hydrogen-bond donors (Lipinski definition) is 1. The van der Waals surface area contributed by atoms with Crippen LogP contribution >= 0.6 is 0 Å². The van der Waals surface area contributed by atoms with E-state index in [4.69, 9.17) is 0 Å². The van der Waals surface area contributed by atoms with Crippen LogP contribution in [-0.2, 0) is 11.2 Å². The average molecular weight is 334 g/mol. The third-order valence-corrected chi connectivity index (χ3v) is 6.06. The van der Waals surface area contributed by atoms with Gasteiger partial charge in [0.2, 0.25) is 5.91 Å². The molecule has 1 aromatic heterocycles. The van der Waals surface area contributed by atoms with E-state index in [0.29, 0.717) is 24.3 Å². The van der Waals surface area contributed by atoms with Crippen molar-refractivity contribution < 1.29 is 4.79 Å². The summed E-state index contributed by atoms with van der Waals surface area (Å²) in [5.74, 6) is 2.09. The average Bonchev–Trinajstić information content (AvgIpc) is 2.66. The Morgan fingerprint density at radius 2 is 1.84 bits per heavy atom. The zero-order valence-corrected chi connectivity index (χ0v) is 14.6.